The molecule has 0 radical (unpaired) electrons. The topological polar surface area (TPSA) is 67.9 Å². The number of nitriles is 2. The van der Waals surface area contributed by atoms with Crippen LogP contribution in [-0.4, -0.2) is 16.7 Å². The maximum atomic E-state index is 12.7. The van der Waals surface area contributed by atoms with Gasteiger partial charge in [0.1, 0.15) is 0 Å². The van der Waals surface area contributed by atoms with Gasteiger partial charge in [-0.15, -0.1) is 0 Å². The Morgan fingerprint density at radius 2 is 1.78 bits per heavy atom. The van der Waals surface area contributed by atoms with Crippen molar-refractivity contribution >= 4 is 23.5 Å². The van der Waals surface area contributed by atoms with Gasteiger partial charge in [0.25, 0.3) is 0 Å². The van der Waals surface area contributed by atoms with Crippen LogP contribution in [0.5, 0.6) is 0 Å². The molecule has 0 saturated carbocycles. The summed E-state index contributed by atoms with van der Waals surface area (Å²) in [5.41, 5.74) is 1.23. The van der Waals surface area contributed by atoms with E-state index in [0.717, 1.165) is 16.7 Å². The highest BCUT2D eigenvalue weighted by Crippen LogP contribution is 2.59. The van der Waals surface area contributed by atoms with Gasteiger partial charge in [-0.1, -0.05) is 48.0 Å². The van der Waals surface area contributed by atoms with Gasteiger partial charge < -0.3 is 4.90 Å². The second kappa shape index (κ2) is 6.27. The van der Waals surface area contributed by atoms with E-state index in [1.807, 2.05) is 41.4 Å². The lowest BCUT2D eigenvalue weighted by molar-refractivity contribution is -0.121. The van der Waals surface area contributed by atoms with Crippen LogP contribution in [0.2, 0.25) is 5.02 Å². The normalized spacial score (nSPS) is 24.4. The first-order valence-corrected chi connectivity index (χ1v) is 9.04. The number of rotatable bonds is 2. The molecule has 2 aliphatic heterocycles. The summed E-state index contributed by atoms with van der Waals surface area (Å²) < 4.78 is 0. The second-order valence-electron chi connectivity index (χ2n) is 6.97. The van der Waals surface area contributed by atoms with E-state index in [9.17, 15) is 15.3 Å². The number of hydrogen-bond donors (Lipinski definition) is 0. The van der Waals surface area contributed by atoms with Gasteiger partial charge in [0, 0.05) is 17.1 Å². The zero-order chi connectivity index (χ0) is 19.2. The van der Waals surface area contributed by atoms with E-state index in [-0.39, 0.29) is 5.78 Å². The Morgan fingerprint density at radius 3 is 2.41 bits per heavy atom. The van der Waals surface area contributed by atoms with Crippen LogP contribution < -0.4 is 0 Å². The largest absolute Gasteiger partial charge is 0.357 e. The highest BCUT2D eigenvalue weighted by atomic mass is 35.5. The van der Waals surface area contributed by atoms with Gasteiger partial charge in [0.05, 0.1) is 24.2 Å². The predicted molar refractivity (Wildman–Crippen MR) is 102 cm³/mol. The number of nitrogens with zero attached hydrogens (tertiary/aromatic N) is 3. The summed E-state index contributed by atoms with van der Waals surface area (Å²) in [7, 11) is 0. The zero-order valence-corrected chi connectivity index (χ0v) is 15.4. The van der Waals surface area contributed by atoms with Gasteiger partial charge in [-0.25, -0.2) is 0 Å². The van der Waals surface area contributed by atoms with Gasteiger partial charge in [0.15, 0.2) is 11.2 Å². The lowest BCUT2D eigenvalue weighted by Gasteiger charge is -2.34. The van der Waals surface area contributed by atoms with Crippen molar-refractivity contribution in [1.82, 2.24) is 4.90 Å². The average molecular weight is 374 g/mol. The van der Waals surface area contributed by atoms with Crippen LogP contribution in [0.25, 0.3) is 6.08 Å². The standard InChI is InChI=1S/C22H16ClN3O/c1-14(27)20-19(16-6-8-17(23)9-7-16)22(12-24,13-25)21-18-5-3-2-4-15(18)10-11-26(20)21/h2-11,19-21H,1H3/t19-,20-,21-/m1/s1. The van der Waals surface area contributed by atoms with Crippen LogP contribution in [-0.2, 0) is 4.79 Å². The molecule has 0 spiro atoms. The number of carbonyl (C=O) groups is 1. The van der Waals surface area contributed by atoms with E-state index in [0.29, 0.717) is 5.02 Å². The quantitative estimate of drug-likeness (QED) is 0.779. The molecule has 2 aliphatic rings. The molecule has 0 aliphatic carbocycles. The second-order valence-corrected chi connectivity index (χ2v) is 7.41. The van der Waals surface area contributed by atoms with Crippen LogP contribution in [0, 0.1) is 28.1 Å². The Bertz CT molecular complexity index is 1010. The molecule has 4 nitrogen and oxygen atoms in total. The first-order valence-electron chi connectivity index (χ1n) is 8.66. The van der Waals surface area contributed by atoms with Gasteiger partial charge in [-0.3, -0.25) is 4.79 Å². The van der Waals surface area contributed by atoms with Crippen molar-refractivity contribution in [2.75, 3.05) is 0 Å². The lowest BCUT2D eigenvalue weighted by Crippen LogP contribution is -2.36. The van der Waals surface area contributed by atoms with E-state index in [2.05, 4.69) is 12.1 Å². The van der Waals surface area contributed by atoms with E-state index < -0.39 is 23.4 Å². The highest BCUT2D eigenvalue weighted by Gasteiger charge is 2.63. The third kappa shape index (κ3) is 2.38. The molecule has 4 rings (SSSR count). The van der Waals surface area contributed by atoms with E-state index in [1.165, 1.54) is 6.92 Å². The zero-order valence-electron chi connectivity index (χ0n) is 14.6. The Balaban J connectivity index is 2.00. The Hall–Kier alpha value is -3.08. The lowest BCUT2D eigenvalue weighted by atomic mass is 9.68. The molecule has 0 amide bonds. The molecule has 2 heterocycles. The number of carbonyl (C=O) groups excluding carboxylic acids is 1. The van der Waals surface area contributed by atoms with Gasteiger partial charge in [-0.2, -0.15) is 10.5 Å². The SMILES string of the molecule is CC(=O)[C@@H]1[C@@H](c2ccc(Cl)cc2)C(C#N)(C#N)[C@H]2c3ccccc3C=CN12. The molecule has 2 aromatic carbocycles. The third-order valence-electron chi connectivity index (χ3n) is 5.59. The summed E-state index contributed by atoms with van der Waals surface area (Å²) in [5, 5.41) is 21.0. The van der Waals surface area contributed by atoms with Crippen LogP contribution in [0.3, 0.4) is 0 Å². The molecule has 0 aromatic heterocycles. The minimum absolute atomic E-state index is 0.0728. The van der Waals surface area contributed by atoms with Crippen molar-refractivity contribution in [3.63, 3.8) is 0 Å². The minimum atomic E-state index is -1.40. The van der Waals surface area contributed by atoms with Crippen LogP contribution >= 0.6 is 11.6 Å². The van der Waals surface area contributed by atoms with Gasteiger partial charge in [-0.05, 0) is 41.8 Å². The number of halogens is 1. The summed E-state index contributed by atoms with van der Waals surface area (Å²) >= 11 is 6.03. The minimum Gasteiger partial charge on any atom is -0.357 e. The van der Waals surface area contributed by atoms with E-state index >= 15 is 0 Å². The molecule has 0 bridgehead atoms. The Morgan fingerprint density at radius 1 is 1.11 bits per heavy atom. The molecule has 27 heavy (non-hydrogen) atoms. The molecule has 0 N–H and O–H groups in total. The molecule has 132 valence electrons. The monoisotopic (exact) mass is 373 g/mol. The van der Waals surface area contributed by atoms with E-state index in [1.54, 1.807) is 24.3 Å². The fourth-order valence-corrected chi connectivity index (χ4v) is 4.62. The molecular weight excluding hydrogens is 358 g/mol. The first kappa shape index (κ1) is 17.3. The summed E-state index contributed by atoms with van der Waals surface area (Å²) in [4.78, 5) is 14.5. The third-order valence-corrected chi connectivity index (χ3v) is 5.84. The summed E-state index contributed by atoms with van der Waals surface area (Å²) in [6, 6.07) is 18.3. The van der Waals surface area contributed by atoms with Crippen LogP contribution in [0.15, 0.2) is 54.7 Å². The Labute approximate surface area is 162 Å². The van der Waals surface area contributed by atoms with Crippen LogP contribution in [0.4, 0.5) is 0 Å². The smallest absolute Gasteiger partial charge is 0.177 e. The molecule has 3 atom stereocenters. The fraction of sp³-hybridized carbons (Fsp3) is 0.227. The van der Waals surface area contributed by atoms with Crippen molar-refractivity contribution in [2.24, 2.45) is 5.41 Å². The average Bonchev–Trinajstić information content (AvgIpc) is 3.00. The van der Waals surface area contributed by atoms with Crippen molar-refractivity contribution in [1.29, 1.82) is 10.5 Å². The molecular formula is C22H16ClN3O. The Kier molecular flexibility index (Phi) is 4.02. The van der Waals surface area contributed by atoms with Gasteiger partial charge in [0.2, 0.25) is 0 Å². The first-order chi connectivity index (χ1) is 13.0. The van der Waals surface area contributed by atoms with Crippen molar-refractivity contribution in [3.05, 3.63) is 76.4 Å². The molecule has 2 aromatic rings. The maximum Gasteiger partial charge on any atom is 0.177 e. The van der Waals surface area contributed by atoms with E-state index in [4.69, 9.17) is 11.6 Å². The molecule has 1 fully saturated rings. The predicted octanol–water partition coefficient (Wildman–Crippen LogP) is 4.46. The summed E-state index contributed by atoms with van der Waals surface area (Å²) in [6.45, 7) is 1.52. The van der Waals surface area contributed by atoms with Crippen molar-refractivity contribution in [3.8, 4) is 12.1 Å². The highest BCUT2D eigenvalue weighted by molar-refractivity contribution is 6.30. The number of Topliss-reactive ketones (excluding diaryl/α,β-unsaturated/α-hetero) is 1. The van der Waals surface area contributed by atoms with Crippen molar-refractivity contribution < 1.29 is 4.79 Å². The maximum absolute atomic E-state index is 12.7. The summed E-state index contributed by atoms with van der Waals surface area (Å²) in [5.74, 6) is -0.653. The number of benzene rings is 2. The number of ketones is 1. The summed E-state index contributed by atoms with van der Waals surface area (Å²) in [6.07, 6.45) is 3.78. The number of hydrogen-bond acceptors (Lipinski definition) is 4. The number of fused-ring (bicyclic) bond motifs is 3. The fourth-order valence-electron chi connectivity index (χ4n) is 4.50. The molecule has 5 heteroatoms. The molecule has 0 unspecified atom stereocenters. The molecule has 1 saturated heterocycles. The van der Waals surface area contributed by atoms with Crippen molar-refractivity contribution in [2.45, 2.75) is 24.9 Å². The van der Waals surface area contributed by atoms with Gasteiger partial charge >= 0.3 is 0 Å². The van der Waals surface area contributed by atoms with Crippen LogP contribution in [0.1, 0.15) is 35.6 Å².